The van der Waals surface area contributed by atoms with Crippen molar-refractivity contribution in [1.82, 2.24) is 10.2 Å². The van der Waals surface area contributed by atoms with E-state index < -0.39 is 0 Å². The van der Waals surface area contributed by atoms with Gasteiger partial charge in [0.1, 0.15) is 0 Å². The van der Waals surface area contributed by atoms with Gasteiger partial charge in [0.05, 0.1) is 11.4 Å². The first-order valence-corrected chi connectivity index (χ1v) is 8.99. The summed E-state index contributed by atoms with van der Waals surface area (Å²) >= 11 is 0. The minimum Gasteiger partial charge on any atom is -0.277 e. The average molecular weight is 338 g/mol. The Balaban J connectivity index is 1.90. The highest BCUT2D eigenvalue weighted by Gasteiger charge is 2.22. The molecule has 2 nitrogen and oxygen atoms in total. The Labute approximate surface area is 154 Å². The molecule has 3 aromatic carbocycles. The molecule has 1 atom stereocenters. The summed E-state index contributed by atoms with van der Waals surface area (Å²) in [6, 6.07) is 29.7. The van der Waals surface area contributed by atoms with Crippen LogP contribution in [0.2, 0.25) is 0 Å². The largest absolute Gasteiger partial charge is 0.277 e. The van der Waals surface area contributed by atoms with Crippen LogP contribution in [0.1, 0.15) is 29.5 Å². The average Bonchev–Trinajstić information content (AvgIpc) is 3.14. The third-order valence-electron chi connectivity index (χ3n) is 4.92. The van der Waals surface area contributed by atoms with Gasteiger partial charge in [0.25, 0.3) is 0 Å². The molecule has 0 saturated carbocycles. The first-order chi connectivity index (χ1) is 12.7. The van der Waals surface area contributed by atoms with Crippen LogP contribution >= 0.6 is 0 Å². The zero-order chi connectivity index (χ0) is 17.9. The van der Waals surface area contributed by atoms with Gasteiger partial charge in [-0.3, -0.25) is 5.10 Å². The molecule has 0 saturated heterocycles. The molecule has 0 aliphatic carbocycles. The van der Waals surface area contributed by atoms with Crippen molar-refractivity contribution in [3.63, 3.8) is 0 Å². The number of hydrogen-bond acceptors (Lipinski definition) is 1. The lowest BCUT2D eigenvalue weighted by atomic mass is 9.87. The fourth-order valence-corrected chi connectivity index (χ4v) is 3.44. The lowest BCUT2D eigenvalue weighted by molar-refractivity contribution is 0.928. The van der Waals surface area contributed by atoms with E-state index in [2.05, 4.69) is 97.8 Å². The fourth-order valence-electron chi connectivity index (χ4n) is 3.44. The third kappa shape index (κ3) is 3.06. The number of hydrogen-bond donors (Lipinski definition) is 1. The Morgan fingerprint density at radius 2 is 1.35 bits per heavy atom. The van der Waals surface area contributed by atoms with Crippen molar-refractivity contribution in [2.75, 3.05) is 0 Å². The maximum atomic E-state index is 4.71. The second-order valence-electron chi connectivity index (χ2n) is 6.73. The summed E-state index contributed by atoms with van der Waals surface area (Å²) in [7, 11) is 0. The quantitative estimate of drug-likeness (QED) is 0.471. The zero-order valence-electron chi connectivity index (χ0n) is 15.1. The van der Waals surface area contributed by atoms with Crippen LogP contribution in [0.4, 0.5) is 0 Å². The van der Waals surface area contributed by atoms with E-state index in [9.17, 15) is 0 Å². The van der Waals surface area contributed by atoms with Crippen LogP contribution in [0, 0.1) is 6.92 Å². The topological polar surface area (TPSA) is 28.7 Å². The molecule has 1 N–H and O–H groups in total. The second-order valence-corrected chi connectivity index (χ2v) is 6.73. The maximum Gasteiger partial charge on any atom is 0.0965 e. The van der Waals surface area contributed by atoms with Crippen LogP contribution in [-0.4, -0.2) is 10.2 Å². The normalized spacial score (nSPS) is 12.1. The van der Waals surface area contributed by atoms with Crippen molar-refractivity contribution in [1.29, 1.82) is 0 Å². The van der Waals surface area contributed by atoms with Crippen molar-refractivity contribution in [3.8, 4) is 22.5 Å². The SMILES string of the molecule is Cc1ccc(-c2[nH]nc(-c3ccccc3)c2[C@H](C)c2ccccc2)cc1. The van der Waals surface area contributed by atoms with Gasteiger partial charge in [-0.1, -0.05) is 97.4 Å². The second kappa shape index (κ2) is 7.01. The number of nitrogens with one attached hydrogen (secondary N) is 1. The molecule has 0 amide bonds. The first kappa shape index (κ1) is 16.3. The molecule has 0 aliphatic rings. The van der Waals surface area contributed by atoms with Gasteiger partial charge in [-0.15, -0.1) is 0 Å². The lowest BCUT2D eigenvalue weighted by Gasteiger charge is -2.15. The fraction of sp³-hybridized carbons (Fsp3) is 0.125. The van der Waals surface area contributed by atoms with Gasteiger partial charge in [0.2, 0.25) is 0 Å². The Hall–Kier alpha value is -3.13. The number of aryl methyl sites for hydroxylation is 1. The van der Waals surface area contributed by atoms with Gasteiger partial charge in [0.15, 0.2) is 0 Å². The molecule has 0 bridgehead atoms. The van der Waals surface area contributed by atoms with Gasteiger partial charge in [0, 0.05) is 17.0 Å². The van der Waals surface area contributed by atoms with E-state index in [4.69, 9.17) is 5.10 Å². The maximum absolute atomic E-state index is 4.71. The van der Waals surface area contributed by atoms with E-state index in [1.54, 1.807) is 0 Å². The third-order valence-corrected chi connectivity index (χ3v) is 4.92. The summed E-state index contributed by atoms with van der Waals surface area (Å²) in [4.78, 5) is 0. The van der Waals surface area contributed by atoms with Gasteiger partial charge >= 0.3 is 0 Å². The van der Waals surface area contributed by atoms with Gasteiger partial charge in [-0.25, -0.2) is 0 Å². The van der Waals surface area contributed by atoms with Crippen molar-refractivity contribution < 1.29 is 0 Å². The molecule has 0 fully saturated rings. The first-order valence-electron chi connectivity index (χ1n) is 8.99. The smallest absolute Gasteiger partial charge is 0.0965 e. The molecular weight excluding hydrogens is 316 g/mol. The molecule has 0 aliphatic heterocycles. The Morgan fingerprint density at radius 1 is 0.731 bits per heavy atom. The summed E-state index contributed by atoms with van der Waals surface area (Å²) in [5.74, 6) is 0.237. The van der Waals surface area contributed by atoms with Crippen LogP contribution in [0.25, 0.3) is 22.5 Å². The summed E-state index contributed by atoms with van der Waals surface area (Å²) in [5.41, 5.74) is 8.22. The molecule has 0 radical (unpaired) electrons. The molecule has 1 aromatic heterocycles. The van der Waals surface area contributed by atoms with E-state index in [-0.39, 0.29) is 5.92 Å². The van der Waals surface area contributed by atoms with Crippen LogP contribution in [0.15, 0.2) is 84.9 Å². The molecule has 0 spiro atoms. The van der Waals surface area contributed by atoms with E-state index in [0.29, 0.717) is 0 Å². The molecule has 4 aromatic rings. The van der Waals surface area contributed by atoms with Crippen molar-refractivity contribution in [2.45, 2.75) is 19.8 Å². The zero-order valence-corrected chi connectivity index (χ0v) is 15.1. The van der Waals surface area contributed by atoms with E-state index in [1.807, 2.05) is 6.07 Å². The molecular formula is C24H22N2. The van der Waals surface area contributed by atoms with Gasteiger partial charge in [-0.2, -0.15) is 5.10 Å². The van der Waals surface area contributed by atoms with Crippen LogP contribution in [0.3, 0.4) is 0 Å². The highest BCUT2D eigenvalue weighted by molar-refractivity contribution is 5.75. The predicted molar refractivity (Wildman–Crippen MR) is 108 cm³/mol. The summed E-state index contributed by atoms with van der Waals surface area (Å²) in [6.45, 7) is 4.37. The monoisotopic (exact) mass is 338 g/mol. The molecule has 0 unspecified atom stereocenters. The molecule has 128 valence electrons. The van der Waals surface area contributed by atoms with Crippen LogP contribution in [-0.2, 0) is 0 Å². The van der Waals surface area contributed by atoms with Crippen LogP contribution < -0.4 is 0 Å². The van der Waals surface area contributed by atoms with Gasteiger partial charge < -0.3 is 0 Å². The predicted octanol–water partition coefficient (Wildman–Crippen LogP) is 6.20. The molecule has 2 heteroatoms. The standard InChI is InChI=1S/C24H22N2/c1-17-13-15-21(16-14-17)24-22(18(2)19-9-5-3-6-10-19)23(25-26-24)20-11-7-4-8-12-20/h3-16,18H,1-2H3,(H,25,26)/t18-/m1/s1. The van der Waals surface area contributed by atoms with Crippen molar-refractivity contribution in [2.24, 2.45) is 0 Å². The number of nitrogens with zero attached hydrogens (tertiary/aromatic N) is 1. The van der Waals surface area contributed by atoms with E-state index in [0.717, 1.165) is 17.0 Å². The van der Waals surface area contributed by atoms with E-state index >= 15 is 0 Å². The minimum absolute atomic E-state index is 0.237. The highest BCUT2D eigenvalue weighted by atomic mass is 15.1. The Bertz CT molecular complexity index is 984. The molecule has 26 heavy (non-hydrogen) atoms. The number of benzene rings is 3. The van der Waals surface area contributed by atoms with E-state index in [1.165, 1.54) is 22.3 Å². The highest BCUT2D eigenvalue weighted by Crippen LogP contribution is 2.38. The Morgan fingerprint density at radius 3 is 2.00 bits per heavy atom. The van der Waals surface area contributed by atoms with Gasteiger partial charge in [-0.05, 0) is 18.1 Å². The summed E-state index contributed by atoms with van der Waals surface area (Å²) < 4.78 is 0. The Kier molecular flexibility index (Phi) is 4.40. The molecule has 4 rings (SSSR count). The summed E-state index contributed by atoms with van der Waals surface area (Å²) in [6.07, 6.45) is 0. The van der Waals surface area contributed by atoms with Crippen molar-refractivity contribution in [3.05, 3.63) is 102 Å². The number of aromatic amines is 1. The lowest BCUT2D eigenvalue weighted by Crippen LogP contribution is -1.99. The van der Waals surface area contributed by atoms with Crippen LogP contribution in [0.5, 0.6) is 0 Å². The molecule has 1 heterocycles. The van der Waals surface area contributed by atoms with Crippen molar-refractivity contribution >= 4 is 0 Å². The minimum atomic E-state index is 0.237. The summed E-state index contributed by atoms with van der Waals surface area (Å²) in [5, 5.41) is 8.02. The number of H-pyrrole nitrogens is 1. The number of rotatable bonds is 4. The number of aromatic nitrogens is 2.